The van der Waals surface area contributed by atoms with Crippen LogP contribution in [0.25, 0.3) is 0 Å². The van der Waals surface area contributed by atoms with E-state index in [1.54, 1.807) is 57.2 Å². The van der Waals surface area contributed by atoms with Gasteiger partial charge in [-0.1, -0.05) is 118 Å². The van der Waals surface area contributed by atoms with Crippen molar-refractivity contribution in [3.05, 3.63) is 258 Å². The number of sulfone groups is 3. The molecule has 0 aromatic heterocycles. The van der Waals surface area contributed by atoms with Crippen molar-refractivity contribution in [2.75, 3.05) is 16.8 Å². The highest BCUT2D eigenvalue weighted by Crippen LogP contribution is 2.26. The monoisotopic (exact) mass is 1320 g/mol. The second-order valence-electron chi connectivity index (χ2n) is 20.7. The molecule has 0 aliphatic carbocycles. The lowest BCUT2D eigenvalue weighted by Crippen LogP contribution is -2.47. The Morgan fingerprint density at radius 1 is 0.516 bits per heavy atom. The molecular weight excluding hydrogens is 1240 g/mol. The van der Waals surface area contributed by atoms with Gasteiger partial charge >= 0.3 is 12.0 Å². The van der Waals surface area contributed by atoms with Gasteiger partial charge in [0.15, 0.2) is 35.3 Å². The molecule has 6 N–H and O–H groups in total. The number of aryl methyl sites for hydroxylation is 3. The van der Waals surface area contributed by atoms with Crippen molar-refractivity contribution in [1.82, 2.24) is 5.32 Å². The molecule has 0 spiro atoms. The number of carbonyl (C=O) groups excluding carboxylic acids is 2. The van der Waals surface area contributed by atoms with Crippen LogP contribution in [-0.4, -0.2) is 58.7 Å². The van der Waals surface area contributed by atoms with Crippen molar-refractivity contribution in [2.24, 2.45) is 0 Å². The molecule has 2 amide bonds. The summed E-state index contributed by atoms with van der Waals surface area (Å²) in [7, 11) is -11.0. The molecule has 0 unspecified atom stereocenters. The van der Waals surface area contributed by atoms with E-state index in [2.05, 4.69) is 10.6 Å². The number of ether oxygens (including phenoxy) is 1. The summed E-state index contributed by atoms with van der Waals surface area (Å²) in [6.07, 6.45) is 0.202. The number of nitrogens with one attached hydrogen (secondary N) is 2. The number of nitrogens with zero attached hydrogens (tertiary/aromatic N) is 2. The zero-order valence-corrected chi connectivity index (χ0v) is 50.7. The van der Waals surface area contributed by atoms with E-state index in [0.29, 0.717) is 0 Å². The van der Waals surface area contributed by atoms with E-state index in [9.17, 15) is 72.6 Å². The number of halogens is 4. The normalized spacial score (nSPS) is 11.2. The van der Waals surface area contributed by atoms with Crippen LogP contribution in [0.5, 0.6) is 0 Å². The fraction of sp³-hybridized carbons (Fsp3) is 0.231. The zero-order valence-electron chi connectivity index (χ0n) is 48.2. The first-order chi connectivity index (χ1) is 41.1. The van der Waals surface area contributed by atoms with Crippen LogP contribution in [0.3, 0.4) is 0 Å². The molecule has 8 aromatic carbocycles. The number of carbonyl (C=O) groups is 2. The highest BCUT2D eigenvalue weighted by Gasteiger charge is 2.28. The van der Waals surface area contributed by atoms with Gasteiger partial charge < -0.3 is 26.8 Å². The maximum Gasteiger partial charge on any atom is 0.329 e. The summed E-state index contributed by atoms with van der Waals surface area (Å²) in [6, 6.07) is 40.3. The first kappa shape index (κ1) is 77.6. The Balaban J connectivity index is 0.000000445. The summed E-state index contributed by atoms with van der Waals surface area (Å²) in [4.78, 5) is 45.0. The number of hydrogen-bond donors (Lipinski definition) is 4. The van der Waals surface area contributed by atoms with Crippen molar-refractivity contribution in [3.63, 3.8) is 0 Å². The minimum absolute atomic E-state index is 0. The first-order valence-corrected chi connectivity index (χ1v) is 31.2. The van der Waals surface area contributed by atoms with Gasteiger partial charge in [-0.3, -0.25) is 20.2 Å². The van der Waals surface area contributed by atoms with Crippen molar-refractivity contribution in [1.29, 1.82) is 0 Å². The number of nitrogen functional groups attached to an aromatic ring is 2. The third-order valence-corrected chi connectivity index (χ3v) is 17.3. The van der Waals surface area contributed by atoms with Crippen LogP contribution in [0.2, 0.25) is 0 Å². The lowest BCUT2D eigenvalue weighted by atomic mass is 10.1. The Morgan fingerprint density at radius 3 is 1.26 bits per heavy atom. The average molecular weight is 1320 g/mol. The standard InChI is InChI=1S/C28H31FN2O5S.C14H12FNO4S.C14H14FNO2S.C6H5FN2O2.3CH4/c1-19-10-14-23(15-11-19)37(34,35)18-21-12-13-22(17-24(21)29)30-27(33)31-25(26(32)36-28(2,3)4)16-20-8-6-5-7-9-20;1-10-2-6-13(7-3-10)21(19,20)9-11-4-5-12(16(17)18)8-14(11)15;1-10-2-6-13(7-3-10)19(17,18)9-11-4-5-12(16)8-14(11)15;7-5-3-4(9(10)11)1-2-6(5)8;;;/h5-15,17,25H,16,18H2,1-4H3,(H2,30,31,33);2-8H,9H2,1H3;2-8H,9,16H2,1H3;1-3H,8H2;3*1H4/t25-;;;;;;/m1....../s1. The summed E-state index contributed by atoms with van der Waals surface area (Å²) in [5.41, 5.74) is 13.0. The summed E-state index contributed by atoms with van der Waals surface area (Å²) >= 11 is 0. The minimum atomic E-state index is -3.75. The average Bonchev–Trinajstić information content (AvgIpc) is 0.883. The number of non-ortho nitro benzene ring substituents is 2. The van der Waals surface area contributed by atoms with Crippen molar-refractivity contribution in [3.8, 4) is 0 Å². The molecule has 0 aliphatic rings. The lowest BCUT2D eigenvalue weighted by molar-refractivity contribution is -0.385. The Morgan fingerprint density at radius 2 is 0.890 bits per heavy atom. The molecule has 8 rings (SSSR count). The van der Waals surface area contributed by atoms with Crippen LogP contribution in [0.4, 0.5) is 50.8 Å². The molecule has 19 nitrogen and oxygen atoms in total. The van der Waals surface area contributed by atoms with E-state index in [0.717, 1.165) is 70.8 Å². The van der Waals surface area contributed by atoms with E-state index >= 15 is 0 Å². The van der Waals surface area contributed by atoms with Crippen LogP contribution in [0, 0.1) is 64.3 Å². The van der Waals surface area contributed by atoms with Crippen molar-refractivity contribution >= 4 is 69.9 Å². The van der Waals surface area contributed by atoms with Crippen LogP contribution in [0.1, 0.15) is 82.0 Å². The molecule has 0 fully saturated rings. The van der Waals surface area contributed by atoms with Crippen molar-refractivity contribution < 1.29 is 67.0 Å². The van der Waals surface area contributed by atoms with Crippen LogP contribution >= 0.6 is 0 Å². The van der Waals surface area contributed by atoms with Gasteiger partial charge in [0.25, 0.3) is 11.4 Å². The molecule has 0 saturated carbocycles. The summed E-state index contributed by atoms with van der Waals surface area (Å²) in [6.45, 7) is 10.7. The number of hydrogen-bond acceptors (Lipinski definition) is 15. The van der Waals surface area contributed by atoms with Crippen LogP contribution < -0.4 is 22.1 Å². The van der Waals surface area contributed by atoms with Gasteiger partial charge in [0, 0.05) is 46.6 Å². The van der Waals surface area contributed by atoms with Gasteiger partial charge in [-0.2, -0.15) is 0 Å². The Kier molecular flexibility index (Phi) is 28.9. The van der Waals surface area contributed by atoms with Gasteiger partial charge in [-0.25, -0.2) is 52.4 Å². The quantitative estimate of drug-likeness (QED) is 0.0230. The maximum absolute atomic E-state index is 14.8. The SMILES string of the molecule is C.C.C.Cc1ccc(S(=O)(=O)Cc2ccc(N)cc2F)cc1.Cc1ccc(S(=O)(=O)Cc2ccc(NC(=O)N[C@H](Cc3ccccc3)C(=O)OC(C)(C)C)cc2F)cc1.Cc1ccc(S(=O)(=O)Cc2ccc([N+](=O)[O-])cc2F)cc1.Nc1ccc([N+](=O)[O-])cc1F. The van der Waals surface area contributed by atoms with E-state index in [1.165, 1.54) is 60.7 Å². The van der Waals surface area contributed by atoms with E-state index < -0.39 is 103 Å². The van der Waals surface area contributed by atoms with Gasteiger partial charge in [-0.05, 0) is 120 Å². The van der Waals surface area contributed by atoms with E-state index in [4.69, 9.17) is 16.2 Å². The zero-order chi connectivity index (χ0) is 65.3. The number of amides is 2. The molecular formula is C65H74F4N6O13S3. The maximum atomic E-state index is 14.8. The highest BCUT2D eigenvalue weighted by molar-refractivity contribution is 7.91. The first-order valence-electron chi connectivity index (χ1n) is 26.3. The number of anilines is 3. The topological polar surface area (TPSA) is 308 Å². The Hall–Kier alpha value is -9.53. The predicted octanol–water partition coefficient (Wildman–Crippen LogP) is 14.1. The molecule has 91 heavy (non-hydrogen) atoms. The van der Waals surface area contributed by atoms with Gasteiger partial charge in [-0.15, -0.1) is 0 Å². The Bertz CT molecular complexity index is 4140. The minimum Gasteiger partial charge on any atom is -0.458 e. The summed E-state index contributed by atoms with van der Waals surface area (Å²) in [5, 5.41) is 25.7. The third kappa shape index (κ3) is 24.4. The largest absolute Gasteiger partial charge is 0.458 e. The fourth-order valence-corrected chi connectivity index (χ4v) is 11.7. The number of nitro benzene ring substituents is 2. The van der Waals surface area contributed by atoms with E-state index in [1.807, 2.05) is 51.1 Å². The number of urea groups is 1. The smallest absolute Gasteiger partial charge is 0.329 e. The lowest BCUT2D eigenvalue weighted by Gasteiger charge is -2.25. The van der Waals surface area contributed by atoms with Gasteiger partial charge in [0.2, 0.25) is 0 Å². The van der Waals surface area contributed by atoms with Crippen LogP contribution in [0.15, 0.2) is 191 Å². The number of benzene rings is 8. The molecule has 0 heterocycles. The molecule has 8 aromatic rings. The van der Waals surface area contributed by atoms with E-state index in [-0.39, 0.29) is 88.6 Å². The van der Waals surface area contributed by atoms with Crippen LogP contribution in [-0.2, 0) is 62.7 Å². The summed E-state index contributed by atoms with van der Waals surface area (Å²) < 4.78 is 134. The number of nitrogens with two attached hydrogens (primary N) is 2. The fourth-order valence-electron chi connectivity index (χ4n) is 7.66. The number of rotatable bonds is 16. The molecule has 0 aliphatic heterocycles. The molecule has 0 bridgehead atoms. The molecule has 0 saturated heterocycles. The summed E-state index contributed by atoms with van der Waals surface area (Å²) in [5.74, 6) is -5.08. The molecule has 26 heteroatoms. The number of nitro groups is 2. The molecule has 488 valence electrons. The van der Waals surface area contributed by atoms with Crippen molar-refractivity contribution in [2.45, 2.75) is 114 Å². The second kappa shape index (κ2) is 33.9. The Labute approximate surface area is 528 Å². The third-order valence-electron chi connectivity index (χ3n) is 12.3. The number of esters is 1. The molecule has 0 radical (unpaired) electrons. The second-order valence-corrected chi connectivity index (χ2v) is 26.7. The molecule has 1 atom stereocenters. The van der Waals surface area contributed by atoms with Gasteiger partial charge in [0.05, 0.1) is 59.6 Å². The van der Waals surface area contributed by atoms with Gasteiger partial charge in [0.1, 0.15) is 29.1 Å². The predicted molar refractivity (Wildman–Crippen MR) is 346 cm³/mol. The highest BCUT2D eigenvalue weighted by atomic mass is 32.2.